The zero-order valence-electron chi connectivity index (χ0n) is 17.0. The van der Waals surface area contributed by atoms with Gasteiger partial charge in [0.05, 0.1) is 28.3 Å². The minimum absolute atomic E-state index is 0.000394. The van der Waals surface area contributed by atoms with Crippen LogP contribution in [0.2, 0.25) is 10.0 Å². The molecule has 3 unspecified atom stereocenters. The number of carbonyl (C=O) groups is 2. The summed E-state index contributed by atoms with van der Waals surface area (Å²) in [5.74, 6) is 0.159. The molecule has 0 radical (unpaired) electrons. The summed E-state index contributed by atoms with van der Waals surface area (Å²) >= 11 is 12.4. The summed E-state index contributed by atoms with van der Waals surface area (Å²) in [6.45, 7) is 4.53. The Labute approximate surface area is 185 Å². The number of hydrogen-bond donors (Lipinski definition) is 0. The fraction of sp³-hybridized carbons (Fsp3) is 0.429. The Kier molecular flexibility index (Phi) is 5.59. The number of benzene rings is 1. The SMILES string of the molecule is CC(=O)N(C)C1CCN(C(=O)C2C(C)=Nc3ccnn3C2c2ccc(Cl)c(Cl)c2)C1. The number of amides is 2. The molecule has 2 aliphatic rings. The van der Waals surface area contributed by atoms with Gasteiger partial charge < -0.3 is 9.80 Å². The Morgan fingerprint density at radius 3 is 2.67 bits per heavy atom. The molecule has 3 atom stereocenters. The van der Waals surface area contributed by atoms with Gasteiger partial charge in [0.25, 0.3) is 0 Å². The minimum atomic E-state index is -0.518. The Balaban J connectivity index is 1.69. The molecule has 4 rings (SSSR count). The van der Waals surface area contributed by atoms with Gasteiger partial charge >= 0.3 is 0 Å². The quantitative estimate of drug-likeness (QED) is 0.721. The second-order valence-corrected chi connectivity index (χ2v) is 8.65. The molecule has 0 N–H and O–H groups in total. The van der Waals surface area contributed by atoms with E-state index in [2.05, 4.69) is 10.1 Å². The van der Waals surface area contributed by atoms with Gasteiger partial charge in [-0.3, -0.25) is 9.59 Å². The van der Waals surface area contributed by atoms with Crippen molar-refractivity contribution in [1.82, 2.24) is 19.6 Å². The third kappa shape index (κ3) is 3.61. The zero-order valence-corrected chi connectivity index (χ0v) is 18.6. The monoisotopic (exact) mass is 447 g/mol. The first kappa shape index (κ1) is 20.9. The second-order valence-electron chi connectivity index (χ2n) is 7.84. The standard InChI is InChI=1S/C21H23Cl2N5O2/c1-12-19(21(30)27-9-7-15(11-27)26(3)13(2)29)20(28-18(25-12)6-8-24-28)14-4-5-16(22)17(23)10-14/h4-6,8,10,15,19-20H,7,9,11H2,1-3H3. The number of likely N-dealkylation sites (N-methyl/N-ethyl adjacent to an activating group) is 1. The molecule has 30 heavy (non-hydrogen) atoms. The molecule has 1 aromatic heterocycles. The van der Waals surface area contributed by atoms with Crippen LogP contribution in [0.3, 0.4) is 0 Å². The van der Waals surface area contributed by atoms with E-state index in [0.29, 0.717) is 29.0 Å². The minimum Gasteiger partial charge on any atom is -0.341 e. The number of fused-ring (bicyclic) bond motifs is 1. The summed E-state index contributed by atoms with van der Waals surface area (Å²) in [6, 6.07) is 6.87. The van der Waals surface area contributed by atoms with Crippen molar-refractivity contribution < 1.29 is 9.59 Å². The second kappa shape index (κ2) is 8.04. The lowest BCUT2D eigenvalue weighted by atomic mass is 9.87. The predicted molar refractivity (Wildman–Crippen MR) is 117 cm³/mol. The number of carbonyl (C=O) groups excluding carboxylic acids is 2. The normalized spacial score (nSPS) is 23.2. The molecule has 2 amide bonds. The number of hydrogen-bond acceptors (Lipinski definition) is 4. The number of halogens is 2. The topological polar surface area (TPSA) is 70.8 Å². The summed E-state index contributed by atoms with van der Waals surface area (Å²) in [7, 11) is 1.78. The summed E-state index contributed by atoms with van der Waals surface area (Å²) in [5.41, 5.74) is 1.57. The molecule has 1 aromatic carbocycles. The summed E-state index contributed by atoms with van der Waals surface area (Å²) < 4.78 is 1.77. The van der Waals surface area contributed by atoms with Crippen LogP contribution in [0.1, 0.15) is 31.9 Å². The molecule has 9 heteroatoms. The predicted octanol–water partition coefficient (Wildman–Crippen LogP) is 3.58. The van der Waals surface area contributed by atoms with E-state index in [0.717, 1.165) is 17.7 Å². The largest absolute Gasteiger partial charge is 0.341 e. The molecule has 158 valence electrons. The van der Waals surface area contributed by atoms with Crippen molar-refractivity contribution in [3.63, 3.8) is 0 Å². The van der Waals surface area contributed by atoms with E-state index in [4.69, 9.17) is 23.2 Å². The highest BCUT2D eigenvalue weighted by molar-refractivity contribution is 6.42. The lowest BCUT2D eigenvalue weighted by Gasteiger charge is -2.34. The maximum atomic E-state index is 13.7. The van der Waals surface area contributed by atoms with E-state index in [-0.39, 0.29) is 23.9 Å². The van der Waals surface area contributed by atoms with Gasteiger partial charge in [0.15, 0.2) is 5.82 Å². The average Bonchev–Trinajstić information content (AvgIpc) is 3.37. The zero-order chi connectivity index (χ0) is 21.6. The number of rotatable bonds is 3. The molecule has 3 heterocycles. The third-order valence-electron chi connectivity index (χ3n) is 6.04. The molecule has 0 saturated carbocycles. The summed E-state index contributed by atoms with van der Waals surface area (Å²) in [5, 5.41) is 5.32. The van der Waals surface area contributed by atoms with Crippen LogP contribution in [0.4, 0.5) is 5.82 Å². The first-order valence-electron chi connectivity index (χ1n) is 9.83. The van der Waals surface area contributed by atoms with Gasteiger partial charge in [-0.25, -0.2) is 9.67 Å². The third-order valence-corrected chi connectivity index (χ3v) is 6.78. The van der Waals surface area contributed by atoms with Gasteiger partial charge in [0, 0.05) is 38.8 Å². The Morgan fingerprint density at radius 2 is 1.97 bits per heavy atom. The molecule has 1 fully saturated rings. The van der Waals surface area contributed by atoms with Crippen LogP contribution < -0.4 is 0 Å². The summed E-state index contributed by atoms with van der Waals surface area (Å²) in [4.78, 5) is 33.5. The van der Waals surface area contributed by atoms with E-state index in [1.54, 1.807) is 41.9 Å². The van der Waals surface area contributed by atoms with Gasteiger partial charge in [-0.05, 0) is 31.0 Å². The number of likely N-dealkylation sites (tertiary alicyclic amines) is 1. The van der Waals surface area contributed by atoms with Crippen LogP contribution in [-0.4, -0.2) is 63.3 Å². The maximum absolute atomic E-state index is 13.7. The van der Waals surface area contributed by atoms with Crippen molar-refractivity contribution in [2.45, 2.75) is 32.4 Å². The lowest BCUT2D eigenvalue weighted by molar-refractivity contribution is -0.135. The Morgan fingerprint density at radius 1 is 1.20 bits per heavy atom. The van der Waals surface area contributed by atoms with Crippen LogP contribution in [0.5, 0.6) is 0 Å². The van der Waals surface area contributed by atoms with Crippen molar-refractivity contribution in [2.24, 2.45) is 10.9 Å². The molecule has 1 saturated heterocycles. The van der Waals surface area contributed by atoms with Gasteiger partial charge in [-0.2, -0.15) is 5.10 Å². The van der Waals surface area contributed by atoms with Crippen LogP contribution in [0, 0.1) is 5.92 Å². The van der Waals surface area contributed by atoms with Crippen LogP contribution in [-0.2, 0) is 9.59 Å². The van der Waals surface area contributed by atoms with E-state index < -0.39 is 5.92 Å². The van der Waals surface area contributed by atoms with Crippen LogP contribution >= 0.6 is 23.2 Å². The Bertz CT molecular complexity index is 1030. The number of aliphatic imine (C=N–C) groups is 1. The van der Waals surface area contributed by atoms with Gasteiger partial charge in [-0.15, -0.1) is 0 Å². The fourth-order valence-electron chi connectivity index (χ4n) is 4.29. The summed E-state index contributed by atoms with van der Waals surface area (Å²) in [6.07, 6.45) is 2.44. The first-order valence-corrected chi connectivity index (χ1v) is 10.6. The average molecular weight is 448 g/mol. The highest BCUT2D eigenvalue weighted by Crippen LogP contribution is 2.39. The van der Waals surface area contributed by atoms with E-state index >= 15 is 0 Å². The van der Waals surface area contributed by atoms with E-state index in [9.17, 15) is 9.59 Å². The van der Waals surface area contributed by atoms with Crippen molar-refractivity contribution >= 4 is 46.5 Å². The van der Waals surface area contributed by atoms with Gasteiger partial charge in [0.1, 0.15) is 5.92 Å². The highest BCUT2D eigenvalue weighted by Gasteiger charge is 2.42. The molecule has 0 spiro atoms. The molecular formula is C21H23Cl2N5O2. The molecule has 2 aromatic rings. The fourth-order valence-corrected chi connectivity index (χ4v) is 4.59. The molecule has 2 aliphatic heterocycles. The molecule has 0 aliphatic carbocycles. The van der Waals surface area contributed by atoms with Crippen molar-refractivity contribution in [1.29, 1.82) is 0 Å². The van der Waals surface area contributed by atoms with Crippen molar-refractivity contribution in [2.75, 3.05) is 20.1 Å². The first-order chi connectivity index (χ1) is 14.3. The van der Waals surface area contributed by atoms with Gasteiger partial charge in [0.2, 0.25) is 11.8 Å². The van der Waals surface area contributed by atoms with Crippen LogP contribution in [0.15, 0.2) is 35.5 Å². The smallest absolute Gasteiger partial charge is 0.233 e. The van der Waals surface area contributed by atoms with Crippen LogP contribution in [0.25, 0.3) is 0 Å². The molecular weight excluding hydrogens is 425 g/mol. The van der Waals surface area contributed by atoms with Gasteiger partial charge in [-0.1, -0.05) is 29.3 Å². The van der Waals surface area contributed by atoms with E-state index in [1.807, 2.05) is 24.0 Å². The maximum Gasteiger partial charge on any atom is 0.233 e. The van der Waals surface area contributed by atoms with Crippen molar-refractivity contribution in [3.05, 3.63) is 46.1 Å². The Hall–Kier alpha value is -2.38. The molecule has 0 bridgehead atoms. The molecule has 7 nitrogen and oxygen atoms in total. The lowest BCUT2D eigenvalue weighted by Crippen LogP contribution is -2.45. The van der Waals surface area contributed by atoms with E-state index in [1.165, 1.54) is 0 Å². The number of nitrogens with zero attached hydrogens (tertiary/aromatic N) is 5. The number of aromatic nitrogens is 2. The van der Waals surface area contributed by atoms with Crippen molar-refractivity contribution in [3.8, 4) is 0 Å². The highest BCUT2D eigenvalue weighted by atomic mass is 35.5.